The Morgan fingerprint density at radius 3 is 2.77 bits per heavy atom. The Kier molecular flexibility index (Phi) is 3.23. The van der Waals surface area contributed by atoms with E-state index in [1.165, 1.54) is 0 Å². The zero-order valence-corrected chi connectivity index (χ0v) is 8.45. The Balaban J connectivity index is 2.73. The van der Waals surface area contributed by atoms with Gasteiger partial charge in [0.1, 0.15) is 5.69 Å². The summed E-state index contributed by atoms with van der Waals surface area (Å²) >= 11 is 0. The summed E-state index contributed by atoms with van der Waals surface area (Å²) in [5.74, 6) is 0.141. The summed E-state index contributed by atoms with van der Waals surface area (Å²) in [5.41, 5.74) is 0.593. The van der Waals surface area contributed by atoms with Gasteiger partial charge in [-0.1, -0.05) is 6.92 Å². The number of rotatable bonds is 4. The smallest absolute Gasteiger partial charge is 0.183 e. The molecular weight excluding hydrogens is 164 g/mol. The van der Waals surface area contributed by atoms with Crippen molar-refractivity contribution in [3.05, 3.63) is 18.0 Å². The lowest BCUT2D eigenvalue weighted by atomic mass is 10.2. The second-order valence-corrected chi connectivity index (χ2v) is 3.45. The van der Waals surface area contributed by atoms with Crippen molar-refractivity contribution in [1.29, 1.82) is 0 Å². The van der Waals surface area contributed by atoms with Crippen LogP contribution in [0.15, 0.2) is 12.3 Å². The maximum absolute atomic E-state index is 11.4. The Labute approximate surface area is 78.8 Å². The first-order valence-corrected chi connectivity index (χ1v) is 4.73. The Bertz CT molecular complexity index is 289. The lowest BCUT2D eigenvalue weighted by Gasteiger charge is -2.03. The first-order chi connectivity index (χ1) is 6.15. The van der Waals surface area contributed by atoms with Crippen LogP contribution in [-0.4, -0.2) is 15.6 Å². The Morgan fingerprint density at radius 2 is 2.31 bits per heavy atom. The fourth-order valence-electron chi connectivity index (χ4n) is 1.13. The van der Waals surface area contributed by atoms with Crippen molar-refractivity contribution < 1.29 is 4.79 Å². The number of aromatic nitrogens is 2. The molecule has 0 aliphatic heterocycles. The molecule has 0 radical (unpaired) electrons. The maximum Gasteiger partial charge on any atom is 0.183 e. The second kappa shape index (κ2) is 4.21. The van der Waals surface area contributed by atoms with Gasteiger partial charge in [0.2, 0.25) is 0 Å². The van der Waals surface area contributed by atoms with Gasteiger partial charge in [0, 0.05) is 18.7 Å². The largest absolute Gasteiger partial charge is 0.292 e. The summed E-state index contributed by atoms with van der Waals surface area (Å²) in [5, 5.41) is 4.20. The normalized spacial score (nSPS) is 10.8. The van der Waals surface area contributed by atoms with Crippen LogP contribution in [0.3, 0.4) is 0 Å². The number of ketones is 1. The molecule has 0 spiro atoms. The molecule has 0 fully saturated rings. The molecule has 1 aromatic heterocycles. The van der Waals surface area contributed by atoms with Gasteiger partial charge in [0.05, 0.1) is 0 Å². The maximum atomic E-state index is 11.4. The van der Waals surface area contributed by atoms with Crippen LogP contribution in [0.4, 0.5) is 0 Å². The van der Waals surface area contributed by atoms with Crippen molar-refractivity contribution in [3.63, 3.8) is 0 Å². The SMILES string of the molecule is CCCC(=O)c1ccn(C(C)C)n1. The molecule has 0 saturated heterocycles. The molecule has 0 atom stereocenters. The average Bonchev–Trinajstić information content (AvgIpc) is 2.52. The van der Waals surface area contributed by atoms with Crippen LogP contribution >= 0.6 is 0 Å². The van der Waals surface area contributed by atoms with E-state index < -0.39 is 0 Å². The predicted molar refractivity (Wildman–Crippen MR) is 51.9 cm³/mol. The van der Waals surface area contributed by atoms with Gasteiger partial charge in [-0.2, -0.15) is 5.10 Å². The summed E-state index contributed by atoms with van der Waals surface area (Å²) in [4.78, 5) is 11.4. The second-order valence-electron chi connectivity index (χ2n) is 3.45. The number of carbonyl (C=O) groups is 1. The Morgan fingerprint density at radius 1 is 1.62 bits per heavy atom. The van der Waals surface area contributed by atoms with E-state index >= 15 is 0 Å². The van der Waals surface area contributed by atoms with Crippen molar-refractivity contribution in [2.75, 3.05) is 0 Å². The fraction of sp³-hybridized carbons (Fsp3) is 0.600. The van der Waals surface area contributed by atoms with Crippen molar-refractivity contribution in [3.8, 4) is 0 Å². The van der Waals surface area contributed by atoms with E-state index in [9.17, 15) is 4.79 Å². The molecule has 3 nitrogen and oxygen atoms in total. The first kappa shape index (κ1) is 9.96. The van der Waals surface area contributed by atoms with Crippen molar-refractivity contribution >= 4 is 5.78 Å². The lowest BCUT2D eigenvalue weighted by molar-refractivity contribution is 0.0976. The van der Waals surface area contributed by atoms with E-state index in [4.69, 9.17) is 0 Å². The molecule has 72 valence electrons. The van der Waals surface area contributed by atoms with E-state index in [0.717, 1.165) is 6.42 Å². The van der Waals surface area contributed by atoms with Crippen LogP contribution in [0.5, 0.6) is 0 Å². The van der Waals surface area contributed by atoms with Gasteiger partial charge in [0.15, 0.2) is 5.78 Å². The third-order valence-electron chi connectivity index (χ3n) is 1.90. The molecule has 0 amide bonds. The minimum absolute atomic E-state index is 0.141. The highest BCUT2D eigenvalue weighted by atomic mass is 16.1. The van der Waals surface area contributed by atoms with Gasteiger partial charge in [-0.25, -0.2) is 0 Å². The highest BCUT2D eigenvalue weighted by molar-refractivity contribution is 5.93. The number of nitrogens with zero attached hydrogens (tertiary/aromatic N) is 2. The summed E-state index contributed by atoms with van der Waals surface area (Å²) in [6.45, 7) is 6.08. The molecule has 0 aromatic carbocycles. The van der Waals surface area contributed by atoms with Crippen LogP contribution in [-0.2, 0) is 0 Å². The van der Waals surface area contributed by atoms with Crippen molar-refractivity contribution in [2.45, 2.75) is 39.7 Å². The van der Waals surface area contributed by atoms with E-state index in [-0.39, 0.29) is 5.78 Å². The van der Waals surface area contributed by atoms with Crippen LogP contribution in [0.25, 0.3) is 0 Å². The minimum Gasteiger partial charge on any atom is -0.292 e. The minimum atomic E-state index is 0.141. The number of carbonyl (C=O) groups excluding carboxylic acids is 1. The van der Waals surface area contributed by atoms with Gasteiger partial charge in [-0.3, -0.25) is 9.48 Å². The summed E-state index contributed by atoms with van der Waals surface area (Å²) in [7, 11) is 0. The molecule has 3 heteroatoms. The van der Waals surface area contributed by atoms with Gasteiger partial charge >= 0.3 is 0 Å². The predicted octanol–water partition coefficient (Wildman–Crippen LogP) is 2.45. The topological polar surface area (TPSA) is 34.9 Å². The number of Topliss-reactive ketones (excluding diaryl/α,β-unsaturated/α-hetero) is 1. The average molecular weight is 180 g/mol. The van der Waals surface area contributed by atoms with Crippen LogP contribution in [0, 0.1) is 0 Å². The number of hydrogen-bond acceptors (Lipinski definition) is 2. The van der Waals surface area contributed by atoms with Crippen LogP contribution in [0.2, 0.25) is 0 Å². The zero-order chi connectivity index (χ0) is 9.84. The van der Waals surface area contributed by atoms with Crippen molar-refractivity contribution in [1.82, 2.24) is 9.78 Å². The Hall–Kier alpha value is -1.12. The zero-order valence-electron chi connectivity index (χ0n) is 8.45. The molecule has 13 heavy (non-hydrogen) atoms. The third kappa shape index (κ3) is 2.41. The fourth-order valence-corrected chi connectivity index (χ4v) is 1.13. The molecule has 1 rings (SSSR count). The van der Waals surface area contributed by atoms with Crippen molar-refractivity contribution in [2.24, 2.45) is 0 Å². The molecule has 0 N–H and O–H groups in total. The van der Waals surface area contributed by atoms with Gasteiger partial charge in [-0.05, 0) is 26.3 Å². The molecule has 0 aliphatic carbocycles. The molecule has 0 bridgehead atoms. The molecule has 1 aromatic rings. The number of hydrogen-bond donors (Lipinski definition) is 0. The van der Waals surface area contributed by atoms with Gasteiger partial charge in [0.25, 0.3) is 0 Å². The summed E-state index contributed by atoms with van der Waals surface area (Å²) < 4.78 is 1.81. The molecule has 0 unspecified atom stereocenters. The van der Waals surface area contributed by atoms with E-state index in [1.807, 2.05) is 31.6 Å². The lowest BCUT2D eigenvalue weighted by Crippen LogP contribution is -2.05. The molecular formula is C10H16N2O. The van der Waals surface area contributed by atoms with Crippen LogP contribution < -0.4 is 0 Å². The molecule has 1 heterocycles. The quantitative estimate of drug-likeness (QED) is 0.667. The summed E-state index contributed by atoms with van der Waals surface area (Å²) in [6.07, 6.45) is 3.33. The molecule has 0 saturated carbocycles. The first-order valence-electron chi connectivity index (χ1n) is 4.73. The van der Waals surface area contributed by atoms with Gasteiger partial charge in [-0.15, -0.1) is 0 Å². The standard InChI is InChI=1S/C10H16N2O/c1-4-5-10(13)9-6-7-12(11-9)8(2)3/h6-8H,4-5H2,1-3H3. The van der Waals surface area contributed by atoms with E-state index in [0.29, 0.717) is 18.2 Å². The molecule has 0 aliphatic rings. The highest BCUT2D eigenvalue weighted by Crippen LogP contribution is 2.06. The summed E-state index contributed by atoms with van der Waals surface area (Å²) in [6, 6.07) is 2.11. The highest BCUT2D eigenvalue weighted by Gasteiger charge is 2.08. The van der Waals surface area contributed by atoms with Gasteiger partial charge < -0.3 is 0 Å². The van der Waals surface area contributed by atoms with E-state index in [1.54, 1.807) is 6.07 Å². The van der Waals surface area contributed by atoms with Crippen LogP contribution in [0.1, 0.15) is 50.1 Å². The third-order valence-corrected chi connectivity index (χ3v) is 1.90. The van der Waals surface area contributed by atoms with E-state index in [2.05, 4.69) is 5.10 Å². The monoisotopic (exact) mass is 180 g/mol.